The quantitative estimate of drug-likeness (QED) is 0.623. The van der Waals surface area contributed by atoms with Crippen molar-refractivity contribution >= 4 is 21.4 Å². The third kappa shape index (κ3) is 3.29. The van der Waals surface area contributed by atoms with E-state index >= 15 is 0 Å². The Morgan fingerprint density at radius 3 is 2.83 bits per heavy atom. The molecular weight excluding hydrogens is 244 g/mol. The van der Waals surface area contributed by atoms with Gasteiger partial charge in [-0.3, -0.25) is 11.3 Å². The third-order valence-corrected chi connectivity index (χ3v) is 3.91. The van der Waals surface area contributed by atoms with Crippen molar-refractivity contribution in [3.05, 3.63) is 35.2 Å². The molecule has 0 radical (unpaired) electrons. The first-order valence-corrected chi connectivity index (χ1v) is 7.11. The van der Waals surface area contributed by atoms with Gasteiger partial charge < -0.3 is 4.74 Å². The summed E-state index contributed by atoms with van der Waals surface area (Å²) in [6.07, 6.45) is 1.13. The first-order chi connectivity index (χ1) is 8.70. The van der Waals surface area contributed by atoms with E-state index < -0.39 is 0 Å². The number of nitrogens with two attached hydrogens (primary N) is 1. The average Bonchev–Trinajstić information content (AvgIpc) is 2.77. The van der Waals surface area contributed by atoms with Gasteiger partial charge in [0.05, 0.1) is 12.7 Å². The van der Waals surface area contributed by atoms with Crippen LogP contribution in [0.1, 0.15) is 19.4 Å². The largest absolute Gasteiger partial charge is 0.377 e. The minimum Gasteiger partial charge on any atom is -0.377 e. The lowest BCUT2D eigenvalue weighted by Gasteiger charge is -2.17. The second kappa shape index (κ2) is 6.29. The smallest absolute Gasteiger partial charge is 0.0639 e. The molecule has 1 aromatic carbocycles. The molecule has 1 aromatic heterocycles. The van der Waals surface area contributed by atoms with E-state index in [-0.39, 0.29) is 12.1 Å². The zero-order chi connectivity index (χ0) is 13.0. The number of rotatable bonds is 6. The lowest BCUT2D eigenvalue weighted by molar-refractivity contribution is 0.0614. The Labute approximate surface area is 112 Å². The van der Waals surface area contributed by atoms with E-state index in [1.165, 1.54) is 15.6 Å². The minimum absolute atomic E-state index is 0.158. The number of thiophene rings is 1. The highest BCUT2D eigenvalue weighted by Crippen LogP contribution is 2.26. The van der Waals surface area contributed by atoms with Crippen LogP contribution >= 0.6 is 11.3 Å². The highest BCUT2D eigenvalue weighted by molar-refractivity contribution is 7.17. The Morgan fingerprint density at radius 2 is 2.11 bits per heavy atom. The van der Waals surface area contributed by atoms with Crippen molar-refractivity contribution in [2.24, 2.45) is 5.84 Å². The average molecular weight is 264 g/mol. The molecule has 0 aliphatic heterocycles. The molecule has 1 unspecified atom stereocenters. The van der Waals surface area contributed by atoms with Crippen molar-refractivity contribution in [2.45, 2.75) is 32.4 Å². The van der Waals surface area contributed by atoms with Gasteiger partial charge >= 0.3 is 0 Å². The summed E-state index contributed by atoms with van der Waals surface area (Å²) < 4.78 is 6.94. The molecule has 18 heavy (non-hydrogen) atoms. The first-order valence-electron chi connectivity index (χ1n) is 6.23. The predicted octanol–water partition coefficient (Wildman–Crippen LogP) is 2.70. The number of ether oxygens (including phenoxy) is 1. The Morgan fingerprint density at radius 1 is 1.33 bits per heavy atom. The molecule has 3 N–H and O–H groups in total. The van der Waals surface area contributed by atoms with Crippen LogP contribution in [0.4, 0.5) is 0 Å². The first kappa shape index (κ1) is 13.5. The topological polar surface area (TPSA) is 47.3 Å². The summed E-state index contributed by atoms with van der Waals surface area (Å²) in [5.41, 5.74) is 4.18. The van der Waals surface area contributed by atoms with Crippen LogP contribution in [0.15, 0.2) is 29.6 Å². The molecule has 2 aromatic rings. The van der Waals surface area contributed by atoms with Crippen molar-refractivity contribution in [3.63, 3.8) is 0 Å². The van der Waals surface area contributed by atoms with Gasteiger partial charge in [0, 0.05) is 10.7 Å². The van der Waals surface area contributed by atoms with E-state index in [0.717, 1.165) is 6.42 Å². The standard InChI is InChI=1S/C14H20N2OS/c1-10(2)17-8-12(16-15)7-11-9-18-14-6-4-3-5-13(11)14/h3-6,9-10,12,16H,7-8,15H2,1-2H3. The zero-order valence-electron chi connectivity index (χ0n) is 10.8. The van der Waals surface area contributed by atoms with Crippen molar-refractivity contribution in [2.75, 3.05) is 6.61 Å². The Kier molecular flexibility index (Phi) is 4.72. The van der Waals surface area contributed by atoms with Crippen LogP contribution in [0.2, 0.25) is 0 Å². The second-order valence-corrected chi connectivity index (χ2v) is 5.62. The van der Waals surface area contributed by atoms with Gasteiger partial charge in [-0.15, -0.1) is 11.3 Å². The van der Waals surface area contributed by atoms with Gasteiger partial charge in [-0.1, -0.05) is 18.2 Å². The summed E-state index contributed by atoms with van der Waals surface area (Å²) in [6.45, 7) is 4.71. The lowest BCUT2D eigenvalue weighted by atomic mass is 10.1. The lowest BCUT2D eigenvalue weighted by Crippen LogP contribution is -2.40. The van der Waals surface area contributed by atoms with Crippen LogP contribution in [-0.2, 0) is 11.2 Å². The SMILES string of the molecule is CC(C)OCC(Cc1csc2ccccc12)NN. The normalized spacial score (nSPS) is 13.3. The molecule has 4 heteroatoms. The van der Waals surface area contributed by atoms with E-state index in [0.29, 0.717) is 6.61 Å². The van der Waals surface area contributed by atoms with Gasteiger partial charge in [0.2, 0.25) is 0 Å². The summed E-state index contributed by atoms with van der Waals surface area (Å²) >= 11 is 1.78. The highest BCUT2D eigenvalue weighted by Gasteiger charge is 2.12. The number of hydrazine groups is 1. The molecule has 0 bridgehead atoms. The van der Waals surface area contributed by atoms with Crippen LogP contribution in [-0.4, -0.2) is 18.8 Å². The summed E-state index contributed by atoms with van der Waals surface area (Å²) in [6, 6.07) is 8.62. The van der Waals surface area contributed by atoms with Crippen molar-refractivity contribution < 1.29 is 4.74 Å². The molecule has 0 fully saturated rings. The number of benzene rings is 1. The number of fused-ring (bicyclic) bond motifs is 1. The van der Waals surface area contributed by atoms with Gasteiger partial charge in [0.1, 0.15) is 0 Å². The van der Waals surface area contributed by atoms with Crippen LogP contribution in [0.3, 0.4) is 0 Å². The number of nitrogens with one attached hydrogen (secondary N) is 1. The highest BCUT2D eigenvalue weighted by atomic mass is 32.1. The molecule has 0 saturated heterocycles. The van der Waals surface area contributed by atoms with Gasteiger partial charge in [-0.25, -0.2) is 0 Å². The molecule has 1 atom stereocenters. The van der Waals surface area contributed by atoms with E-state index in [1.54, 1.807) is 11.3 Å². The maximum atomic E-state index is 5.62. The molecule has 0 aliphatic rings. The predicted molar refractivity (Wildman–Crippen MR) is 77.7 cm³/mol. The molecule has 1 heterocycles. The Hall–Kier alpha value is -0.940. The zero-order valence-corrected chi connectivity index (χ0v) is 11.7. The Balaban J connectivity index is 2.07. The maximum Gasteiger partial charge on any atom is 0.0639 e. The maximum absolute atomic E-state index is 5.62. The van der Waals surface area contributed by atoms with Gasteiger partial charge in [0.25, 0.3) is 0 Å². The molecule has 0 amide bonds. The molecule has 2 rings (SSSR count). The molecule has 0 spiro atoms. The third-order valence-electron chi connectivity index (χ3n) is 2.89. The van der Waals surface area contributed by atoms with Crippen LogP contribution in [0.25, 0.3) is 10.1 Å². The summed E-state index contributed by atoms with van der Waals surface area (Å²) in [5.74, 6) is 5.59. The monoisotopic (exact) mass is 264 g/mol. The van der Waals surface area contributed by atoms with Crippen molar-refractivity contribution in [1.29, 1.82) is 0 Å². The van der Waals surface area contributed by atoms with E-state index in [2.05, 4.69) is 35.1 Å². The van der Waals surface area contributed by atoms with Gasteiger partial charge in [0.15, 0.2) is 0 Å². The molecule has 0 saturated carbocycles. The summed E-state index contributed by atoms with van der Waals surface area (Å²) in [4.78, 5) is 0. The molecule has 98 valence electrons. The van der Waals surface area contributed by atoms with E-state index in [9.17, 15) is 0 Å². The fourth-order valence-electron chi connectivity index (χ4n) is 1.93. The molecule has 3 nitrogen and oxygen atoms in total. The minimum atomic E-state index is 0.158. The van der Waals surface area contributed by atoms with Crippen molar-refractivity contribution in [3.8, 4) is 0 Å². The molecule has 0 aliphatic carbocycles. The molecular formula is C14H20N2OS. The fourth-order valence-corrected chi connectivity index (χ4v) is 2.91. The van der Waals surface area contributed by atoms with Gasteiger partial charge in [-0.2, -0.15) is 0 Å². The number of hydrogen-bond donors (Lipinski definition) is 2. The second-order valence-electron chi connectivity index (χ2n) is 4.71. The van der Waals surface area contributed by atoms with E-state index in [4.69, 9.17) is 10.6 Å². The van der Waals surface area contributed by atoms with Crippen LogP contribution in [0, 0.1) is 0 Å². The van der Waals surface area contributed by atoms with Crippen LogP contribution in [0.5, 0.6) is 0 Å². The number of hydrogen-bond acceptors (Lipinski definition) is 4. The van der Waals surface area contributed by atoms with E-state index in [1.807, 2.05) is 13.8 Å². The van der Waals surface area contributed by atoms with Crippen LogP contribution < -0.4 is 11.3 Å². The Bertz CT molecular complexity index is 495. The van der Waals surface area contributed by atoms with Crippen molar-refractivity contribution in [1.82, 2.24) is 5.43 Å². The van der Waals surface area contributed by atoms with Gasteiger partial charge in [-0.05, 0) is 42.7 Å². The summed E-state index contributed by atoms with van der Waals surface area (Å²) in [7, 11) is 0. The fraction of sp³-hybridized carbons (Fsp3) is 0.429. The summed E-state index contributed by atoms with van der Waals surface area (Å²) in [5, 5.41) is 3.54.